The van der Waals surface area contributed by atoms with Crippen molar-refractivity contribution in [2.24, 2.45) is 0 Å². The first-order valence-corrected chi connectivity index (χ1v) is 8.51. The van der Waals surface area contributed by atoms with E-state index in [-0.39, 0.29) is 12.2 Å². The van der Waals surface area contributed by atoms with Crippen LogP contribution in [-0.4, -0.2) is 23.8 Å². The molecular weight excluding hydrogens is 264 g/mol. The monoisotopic (exact) mass is 292 g/mol. The van der Waals surface area contributed by atoms with Crippen LogP contribution in [0.2, 0.25) is 0 Å². The van der Waals surface area contributed by atoms with Crippen molar-refractivity contribution >= 4 is 0 Å². The Morgan fingerprint density at radius 3 is 1.67 bits per heavy atom. The highest BCUT2D eigenvalue weighted by molar-refractivity contribution is 4.98. The molecule has 3 saturated heterocycles. The molecule has 0 N–H and O–H groups in total. The molecule has 0 aromatic heterocycles. The van der Waals surface area contributed by atoms with E-state index in [2.05, 4.69) is 24.3 Å². The van der Waals surface area contributed by atoms with Gasteiger partial charge in [0.2, 0.25) is 0 Å². The normalized spacial score (nSPS) is 44.5. The second-order valence-electron chi connectivity index (χ2n) is 6.57. The predicted molar refractivity (Wildman–Crippen MR) is 82.9 cm³/mol. The molecule has 118 valence electrons. The molecule has 0 radical (unpaired) electrons. The van der Waals surface area contributed by atoms with E-state index in [0.29, 0.717) is 0 Å². The molecule has 0 aliphatic carbocycles. The molecule has 0 aromatic rings. The van der Waals surface area contributed by atoms with E-state index in [1.54, 1.807) is 0 Å². The van der Waals surface area contributed by atoms with Gasteiger partial charge in [-0.05, 0) is 39.5 Å². The quantitative estimate of drug-likeness (QED) is 0.702. The Bertz CT molecular complexity index is 379. The standard InChI is InChI=1S/C18H28O3/c1-3-7-15-9-5-11-17(19-15)13-14-18(21-17)12-6-10-16(20-18)8-4-2/h3-4,7-8,15-16H,5-6,9-14H2,1-2H3/b7-3+,8-4+/t15-,16-,17+,18+/m0/s1. The van der Waals surface area contributed by atoms with Gasteiger partial charge < -0.3 is 14.2 Å². The van der Waals surface area contributed by atoms with Gasteiger partial charge in [0.25, 0.3) is 0 Å². The molecule has 0 saturated carbocycles. The highest BCUT2D eigenvalue weighted by Crippen LogP contribution is 2.49. The van der Waals surface area contributed by atoms with E-state index in [1.165, 1.54) is 12.8 Å². The summed E-state index contributed by atoms with van der Waals surface area (Å²) < 4.78 is 19.0. The Balaban J connectivity index is 1.69. The number of hydrogen-bond acceptors (Lipinski definition) is 3. The summed E-state index contributed by atoms with van der Waals surface area (Å²) in [6.07, 6.45) is 17.3. The van der Waals surface area contributed by atoms with Crippen LogP contribution in [-0.2, 0) is 14.2 Å². The van der Waals surface area contributed by atoms with Gasteiger partial charge in [-0.2, -0.15) is 0 Å². The first-order valence-electron chi connectivity index (χ1n) is 8.51. The van der Waals surface area contributed by atoms with Crippen molar-refractivity contribution in [2.45, 2.75) is 89.0 Å². The first kappa shape index (κ1) is 15.3. The lowest BCUT2D eigenvalue weighted by molar-refractivity contribution is -0.351. The minimum atomic E-state index is -0.403. The van der Waals surface area contributed by atoms with Gasteiger partial charge in [0.05, 0.1) is 12.2 Å². The van der Waals surface area contributed by atoms with Crippen LogP contribution in [0, 0.1) is 0 Å². The molecule has 0 unspecified atom stereocenters. The maximum atomic E-state index is 6.46. The van der Waals surface area contributed by atoms with Crippen molar-refractivity contribution in [3.63, 3.8) is 0 Å². The van der Waals surface area contributed by atoms with Crippen LogP contribution in [0.4, 0.5) is 0 Å². The predicted octanol–water partition coefficient (Wildman–Crippen LogP) is 4.48. The van der Waals surface area contributed by atoms with Crippen molar-refractivity contribution in [1.82, 2.24) is 0 Å². The summed E-state index contributed by atoms with van der Waals surface area (Å²) >= 11 is 0. The molecule has 3 heterocycles. The molecule has 4 atom stereocenters. The largest absolute Gasteiger partial charge is 0.343 e. The number of ether oxygens (including phenoxy) is 3. The average molecular weight is 292 g/mol. The highest BCUT2D eigenvalue weighted by atomic mass is 16.8. The molecule has 3 rings (SSSR count). The zero-order chi connectivity index (χ0) is 14.8. The molecule has 3 aliphatic rings. The zero-order valence-electron chi connectivity index (χ0n) is 13.3. The van der Waals surface area contributed by atoms with Crippen molar-refractivity contribution in [3.8, 4) is 0 Å². The lowest BCUT2D eigenvalue weighted by Gasteiger charge is -2.42. The van der Waals surface area contributed by atoms with E-state index in [0.717, 1.165) is 38.5 Å². The van der Waals surface area contributed by atoms with Crippen molar-refractivity contribution < 1.29 is 14.2 Å². The van der Waals surface area contributed by atoms with Crippen molar-refractivity contribution in [1.29, 1.82) is 0 Å². The van der Waals surface area contributed by atoms with Gasteiger partial charge in [0, 0.05) is 25.7 Å². The molecule has 21 heavy (non-hydrogen) atoms. The lowest BCUT2D eigenvalue weighted by atomic mass is 9.96. The van der Waals surface area contributed by atoms with Crippen LogP contribution in [0.3, 0.4) is 0 Å². The molecule has 3 heteroatoms. The van der Waals surface area contributed by atoms with Gasteiger partial charge >= 0.3 is 0 Å². The fraction of sp³-hybridized carbons (Fsp3) is 0.778. The summed E-state index contributed by atoms with van der Waals surface area (Å²) in [7, 11) is 0. The van der Waals surface area contributed by atoms with Crippen LogP contribution < -0.4 is 0 Å². The lowest BCUT2D eigenvalue weighted by Crippen LogP contribution is -2.46. The van der Waals surface area contributed by atoms with Gasteiger partial charge in [0.15, 0.2) is 11.6 Å². The number of hydrogen-bond donors (Lipinski definition) is 0. The van der Waals surface area contributed by atoms with E-state index < -0.39 is 11.6 Å². The molecule has 2 spiro atoms. The summed E-state index contributed by atoms with van der Waals surface area (Å²) in [5, 5.41) is 0. The average Bonchev–Trinajstić information content (AvgIpc) is 2.78. The summed E-state index contributed by atoms with van der Waals surface area (Å²) in [6, 6.07) is 0. The molecule has 3 aliphatic heterocycles. The Labute approximate surface area is 128 Å². The van der Waals surface area contributed by atoms with Crippen LogP contribution in [0.1, 0.15) is 65.2 Å². The van der Waals surface area contributed by atoms with Gasteiger partial charge in [-0.1, -0.05) is 24.3 Å². The van der Waals surface area contributed by atoms with E-state index in [9.17, 15) is 0 Å². The highest BCUT2D eigenvalue weighted by Gasteiger charge is 2.54. The molecule has 0 aromatic carbocycles. The Morgan fingerprint density at radius 2 is 1.24 bits per heavy atom. The second-order valence-corrected chi connectivity index (χ2v) is 6.57. The Kier molecular flexibility index (Phi) is 4.53. The second kappa shape index (κ2) is 6.23. The van der Waals surface area contributed by atoms with Crippen LogP contribution in [0.5, 0.6) is 0 Å². The molecule has 0 amide bonds. The van der Waals surface area contributed by atoms with Gasteiger partial charge in [-0.25, -0.2) is 0 Å². The topological polar surface area (TPSA) is 27.7 Å². The minimum absolute atomic E-state index is 0.203. The summed E-state index contributed by atoms with van der Waals surface area (Å²) in [4.78, 5) is 0. The fourth-order valence-electron chi connectivity index (χ4n) is 3.97. The summed E-state index contributed by atoms with van der Waals surface area (Å²) in [6.45, 7) is 4.10. The van der Waals surface area contributed by atoms with Crippen LogP contribution >= 0.6 is 0 Å². The molecular formula is C18H28O3. The number of allylic oxidation sites excluding steroid dienone is 2. The van der Waals surface area contributed by atoms with Crippen LogP contribution in [0.25, 0.3) is 0 Å². The Hall–Kier alpha value is -0.640. The van der Waals surface area contributed by atoms with Crippen LogP contribution in [0.15, 0.2) is 24.3 Å². The Morgan fingerprint density at radius 1 is 0.762 bits per heavy atom. The molecule has 0 bridgehead atoms. The fourth-order valence-corrected chi connectivity index (χ4v) is 3.97. The molecule has 3 fully saturated rings. The SMILES string of the molecule is C/C=C/[C@H]1CCC[C@@]2(CC[C@@]3(CCC[C@H](/C=C/C)O3)O2)O1. The van der Waals surface area contributed by atoms with E-state index >= 15 is 0 Å². The third-order valence-electron chi connectivity index (χ3n) is 4.90. The summed E-state index contributed by atoms with van der Waals surface area (Å²) in [5.74, 6) is -0.805. The van der Waals surface area contributed by atoms with E-state index in [4.69, 9.17) is 14.2 Å². The number of rotatable bonds is 2. The van der Waals surface area contributed by atoms with Gasteiger partial charge in [-0.15, -0.1) is 0 Å². The van der Waals surface area contributed by atoms with Gasteiger partial charge in [-0.3, -0.25) is 0 Å². The maximum Gasteiger partial charge on any atom is 0.172 e. The van der Waals surface area contributed by atoms with Crippen molar-refractivity contribution in [2.75, 3.05) is 0 Å². The summed E-state index contributed by atoms with van der Waals surface area (Å²) in [5.41, 5.74) is 0. The van der Waals surface area contributed by atoms with Gasteiger partial charge in [0.1, 0.15) is 0 Å². The smallest absolute Gasteiger partial charge is 0.172 e. The minimum Gasteiger partial charge on any atom is -0.343 e. The first-order chi connectivity index (χ1) is 10.2. The molecule has 3 nitrogen and oxygen atoms in total. The third-order valence-corrected chi connectivity index (χ3v) is 4.90. The third kappa shape index (κ3) is 3.25. The zero-order valence-corrected chi connectivity index (χ0v) is 13.3. The maximum absolute atomic E-state index is 6.46. The van der Waals surface area contributed by atoms with E-state index in [1.807, 2.05) is 13.8 Å². The van der Waals surface area contributed by atoms with Crippen molar-refractivity contribution in [3.05, 3.63) is 24.3 Å².